The molecule has 0 radical (unpaired) electrons. The second kappa shape index (κ2) is 8.20. The van der Waals surface area contributed by atoms with Crippen LogP contribution >= 0.6 is 0 Å². The Bertz CT molecular complexity index is 1030. The number of nitrogens with one attached hydrogen (secondary N) is 2. The molecule has 164 valence electrons. The molecule has 2 aromatic heterocycles. The molecule has 31 heavy (non-hydrogen) atoms. The number of anilines is 1. The molecule has 3 rings (SSSR count). The predicted molar refractivity (Wildman–Crippen MR) is 94.0 cm³/mol. The maximum Gasteiger partial charge on any atom is 0.416 e. The van der Waals surface area contributed by atoms with E-state index in [1.165, 1.54) is 30.3 Å². The number of carbonyl (C=O) groups excluding carboxylic acids is 1. The van der Waals surface area contributed by atoms with E-state index in [0.717, 1.165) is 0 Å². The molecule has 0 saturated carbocycles. The molecule has 14 heteroatoms. The zero-order valence-corrected chi connectivity index (χ0v) is 15.5. The fourth-order valence-electron chi connectivity index (χ4n) is 2.56. The van der Waals surface area contributed by atoms with E-state index in [9.17, 15) is 31.1 Å². The smallest absolute Gasteiger partial charge is 0.328 e. The van der Waals surface area contributed by atoms with E-state index in [-0.39, 0.29) is 17.8 Å². The molecule has 8 nitrogen and oxygen atoms in total. The third-order valence-electron chi connectivity index (χ3n) is 3.90. The van der Waals surface area contributed by atoms with Gasteiger partial charge in [-0.05, 0) is 31.2 Å². The Hall–Kier alpha value is -3.71. The molecule has 1 unspecified atom stereocenters. The van der Waals surface area contributed by atoms with Crippen LogP contribution in [0, 0.1) is 0 Å². The molecule has 0 spiro atoms. The van der Waals surface area contributed by atoms with Crippen molar-refractivity contribution in [2.24, 2.45) is 0 Å². The van der Waals surface area contributed by atoms with Crippen LogP contribution in [0.5, 0.6) is 0 Å². The molecule has 3 aromatic rings. The van der Waals surface area contributed by atoms with Crippen molar-refractivity contribution in [1.82, 2.24) is 30.0 Å². The number of halogens is 6. The van der Waals surface area contributed by atoms with E-state index in [2.05, 4.69) is 25.4 Å². The van der Waals surface area contributed by atoms with Crippen LogP contribution in [0.25, 0.3) is 5.95 Å². The largest absolute Gasteiger partial charge is 0.416 e. The third kappa shape index (κ3) is 5.26. The number of amides is 2. The first kappa shape index (κ1) is 22.0. The lowest BCUT2D eigenvalue weighted by Gasteiger charge is -2.17. The molecular weight excluding hydrogens is 432 g/mol. The molecule has 0 aliphatic carbocycles. The molecule has 0 fully saturated rings. The Balaban J connectivity index is 1.79. The molecule has 2 N–H and O–H groups in total. The highest BCUT2D eigenvalue weighted by molar-refractivity contribution is 5.89. The van der Waals surface area contributed by atoms with Gasteiger partial charge in [0.25, 0.3) is 5.95 Å². The van der Waals surface area contributed by atoms with E-state index in [4.69, 9.17) is 0 Å². The molecule has 0 aliphatic rings. The Kier molecular flexibility index (Phi) is 5.81. The zero-order valence-electron chi connectivity index (χ0n) is 15.5. The summed E-state index contributed by atoms with van der Waals surface area (Å²) in [4.78, 5) is 24.2. The van der Waals surface area contributed by atoms with Crippen LogP contribution in [0.1, 0.15) is 29.9 Å². The molecule has 1 atom stereocenters. The summed E-state index contributed by atoms with van der Waals surface area (Å²) in [6, 6.07) is 0.440. The topological polar surface area (TPSA) is 97.6 Å². The summed E-state index contributed by atoms with van der Waals surface area (Å²) >= 11 is 0. The van der Waals surface area contributed by atoms with E-state index < -0.39 is 41.2 Å². The van der Waals surface area contributed by atoms with E-state index in [1.54, 1.807) is 6.07 Å². The summed E-state index contributed by atoms with van der Waals surface area (Å²) in [6.45, 7) is 1.48. The van der Waals surface area contributed by atoms with Crippen molar-refractivity contribution in [2.75, 3.05) is 5.32 Å². The number of nitrogens with zero attached hydrogens (tertiary/aromatic N) is 5. The number of alkyl halides is 6. The number of urea groups is 1. The van der Waals surface area contributed by atoms with Crippen LogP contribution in [-0.2, 0) is 12.4 Å². The van der Waals surface area contributed by atoms with Crippen molar-refractivity contribution in [1.29, 1.82) is 0 Å². The molecule has 1 aromatic carbocycles. The highest BCUT2D eigenvalue weighted by Crippen LogP contribution is 2.37. The van der Waals surface area contributed by atoms with Gasteiger partial charge in [-0.25, -0.2) is 19.7 Å². The van der Waals surface area contributed by atoms with Crippen LogP contribution in [-0.4, -0.2) is 30.8 Å². The van der Waals surface area contributed by atoms with Crippen molar-refractivity contribution in [2.45, 2.75) is 25.3 Å². The van der Waals surface area contributed by atoms with Crippen LogP contribution in [0.15, 0.2) is 43.0 Å². The quantitative estimate of drug-likeness (QED) is 0.593. The van der Waals surface area contributed by atoms with E-state index in [1.807, 2.05) is 5.32 Å². The minimum absolute atomic E-state index is 0.0337. The maximum absolute atomic E-state index is 12.9. The summed E-state index contributed by atoms with van der Waals surface area (Å²) < 4.78 is 78.9. The summed E-state index contributed by atoms with van der Waals surface area (Å²) in [7, 11) is 0. The highest BCUT2D eigenvalue weighted by atomic mass is 19.4. The molecule has 0 saturated heterocycles. The van der Waals surface area contributed by atoms with Gasteiger partial charge in [-0.3, -0.25) is 0 Å². The van der Waals surface area contributed by atoms with Crippen LogP contribution in [0.3, 0.4) is 0 Å². The lowest BCUT2D eigenvalue weighted by atomic mass is 10.1. The van der Waals surface area contributed by atoms with Crippen LogP contribution in [0.2, 0.25) is 0 Å². The third-order valence-corrected chi connectivity index (χ3v) is 3.90. The number of hydrogen-bond donors (Lipinski definition) is 2. The van der Waals surface area contributed by atoms with Gasteiger partial charge in [-0.1, -0.05) is 0 Å². The number of hydrogen-bond acceptors (Lipinski definition) is 5. The van der Waals surface area contributed by atoms with Crippen molar-refractivity contribution in [3.05, 3.63) is 59.9 Å². The summed E-state index contributed by atoms with van der Waals surface area (Å²) in [5.41, 5.74) is -3.78. The van der Waals surface area contributed by atoms with Gasteiger partial charge in [-0.15, -0.1) is 0 Å². The Morgan fingerprint density at radius 2 is 1.55 bits per heavy atom. The molecule has 2 heterocycles. The SMILES string of the molecule is CC(NC(=O)Nc1cc(C(F)(F)F)cc(C(F)(F)F)c1)c1ncnn1-c1ncccn1. The zero-order chi connectivity index (χ0) is 22.8. The number of carbonyl (C=O) groups is 1. The van der Waals surface area contributed by atoms with Gasteiger partial charge in [0.1, 0.15) is 6.33 Å². The minimum atomic E-state index is -5.03. The van der Waals surface area contributed by atoms with Crippen molar-refractivity contribution in [3.63, 3.8) is 0 Å². The van der Waals surface area contributed by atoms with Crippen molar-refractivity contribution >= 4 is 11.7 Å². The Morgan fingerprint density at radius 1 is 0.968 bits per heavy atom. The summed E-state index contributed by atoms with van der Waals surface area (Å²) in [5.74, 6) is 0.332. The van der Waals surface area contributed by atoms with Crippen molar-refractivity contribution < 1.29 is 31.1 Å². The van der Waals surface area contributed by atoms with Gasteiger partial charge < -0.3 is 10.6 Å². The Labute approximate surface area is 170 Å². The van der Waals surface area contributed by atoms with E-state index in [0.29, 0.717) is 12.1 Å². The lowest BCUT2D eigenvalue weighted by Crippen LogP contribution is -2.33. The standard InChI is InChI=1S/C17H13F6N7O/c1-9(13-26-8-27-30(13)14-24-3-2-4-25-14)28-15(31)29-12-6-10(16(18,19)20)5-11(7-12)17(21,22)23/h2-9H,1H3,(H2,28,29,31). The predicted octanol–water partition coefficient (Wildman–Crippen LogP) is 3.98. The van der Waals surface area contributed by atoms with Gasteiger partial charge >= 0.3 is 18.4 Å². The second-order valence-corrected chi connectivity index (χ2v) is 6.19. The highest BCUT2D eigenvalue weighted by Gasteiger charge is 2.37. The molecule has 0 bridgehead atoms. The number of rotatable bonds is 4. The lowest BCUT2D eigenvalue weighted by molar-refractivity contribution is -0.143. The first-order valence-corrected chi connectivity index (χ1v) is 8.49. The average Bonchev–Trinajstić information content (AvgIpc) is 3.17. The molecule has 0 aliphatic heterocycles. The minimum Gasteiger partial charge on any atom is -0.328 e. The maximum atomic E-state index is 12.9. The van der Waals surface area contributed by atoms with Gasteiger partial charge in [0.15, 0.2) is 5.82 Å². The normalized spacial score (nSPS) is 13.0. The second-order valence-electron chi connectivity index (χ2n) is 6.19. The van der Waals surface area contributed by atoms with Crippen molar-refractivity contribution in [3.8, 4) is 5.95 Å². The van der Waals surface area contributed by atoms with Gasteiger partial charge in [0, 0.05) is 18.1 Å². The van der Waals surface area contributed by atoms with Gasteiger partial charge in [0.2, 0.25) is 0 Å². The summed E-state index contributed by atoms with van der Waals surface area (Å²) in [6.07, 6.45) is -6.00. The summed E-state index contributed by atoms with van der Waals surface area (Å²) in [5, 5.41) is 8.28. The first-order valence-electron chi connectivity index (χ1n) is 8.49. The molecular formula is C17H13F6N7O. The van der Waals surface area contributed by atoms with Gasteiger partial charge in [-0.2, -0.15) is 36.1 Å². The monoisotopic (exact) mass is 445 g/mol. The van der Waals surface area contributed by atoms with E-state index >= 15 is 0 Å². The fraction of sp³-hybridized carbons (Fsp3) is 0.235. The van der Waals surface area contributed by atoms with Crippen LogP contribution in [0.4, 0.5) is 36.8 Å². The van der Waals surface area contributed by atoms with Crippen LogP contribution < -0.4 is 10.6 Å². The average molecular weight is 445 g/mol. The Morgan fingerprint density at radius 3 is 2.10 bits per heavy atom. The number of benzene rings is 1. The molecule has 2 amide bonds. The first-order chi connectivity index (χ1) is 14.4. The number of aromatic nitrogens is 5. The fourth-order valence-corrected chi connectivity index (χ4v) is 2.56. The van der Waals surface area contributed by atoms with Gasteiger partial charge in [0.05, 0.1) is 17.2 Å².